The summed E-state index contributed by atoms with van der Waals surface area (Å²) in [4.78, 5) is 2.26. The van der Waals surface area contributed by atoms with Crippen molar-refractivity contribution in [3.63, 3.8) is 0 Å². The van der Waals surface area contributed by atoms with Crippen LogP contribution >= 0.6 is 0 Å². The molecule has 0 spiro atoms. The zero-order valence-electron chi connectivity index (χ0n) is 11.6. The van der Waals surface area contributed by atoms with Crippen molar-refractivity contribution >= 4 is 0 Å². The molecular formula is C15H22F2N2. The summed E-state index contributed by atoms with van der Waals surface area (Å²) < 4.78 is 27.4. The van der Waals surface area contributed by atoms with E-state index in [9.17, 15) is 8.78 Å². The number of halogens is 2. The van der Waals surface area contributed by atoms with Crippen molar-refractivity contribution in [3.05, 3.63) is 35.4 Å². The van der Waals surface area contributed by atoms with Crippen molar-refractivity contribution in [2.45, 2.75) is 26.3 Å². The van der Waals surface area contributed by atoms with Crippen LogP contribution in [-0.4, -0.2) is 31.1 Å². The van der Waals surface area contributed by atoms with E-state index in [0.717, 1.165) is 32.6 Å². The topological polar surface area (TPSA) is 15.3 Å². The Kier molecular flexibility index (Phi) is 4.88. The van der Waals surface area contributed by atoms with Crippen LogP contribution in [0.15, 0.2) is 18.2 Å². The van der Waals surface area contributed by atoms with Crippen LogP contribution < -0.4 is 5.32 Å². The summed E-state index contributed by atoms with van der Waals surface area (Å²) in [6.45, 7) is 7.82. The lowest BCUT2D eigenvalue weighted by Crippen LogP contribution is -2.45. The molecule has 0 saturated carbocycles. The van der Waals surface area contributed by atoms with E-state index in [0.29, 0.717) is 11.5 Å². The first kappa shape index (κ1) is 14.4. The van der Waals surface area contributed by atoms with Crippen LogP contribution in [0.2, 0.25) is 0 Å². The maximum absolute atomic E-state index is 14.0. The Hall–Kier alpha value is -1.00. The summed E-state index contributed by atoms with van der Waals surface area (Å²) >= 11 is 0. The second-order valence-corrected chi connectivity index (χ2v) is 5.60. The van der Waals surface area contributed by atoms with Crippen LogP contribution in [0.5, 0.6) is 0 Å². The lowest BCUT2D eigenvalue weighted by atomic mass is 9.94. The summed E-state index contributed by atoms with van der Waals surface area (Å²) in [5.41, 5.74) is 0.496. The third kappa shape index (κ3) is 3.74. The molecule has 0 amide bonds. The SMILES string of the molecule is CC(C)C[C@@H](c1cc(F)ccc1F)N1CCNCC1. The van der Waals surface area contributed by atoms with Crippen LogP contribution in [0.1, 0.15) is 31.9 Å². The number of benzene rings is 1. The normalized spacial score (nSPS) is 18.8. The molecule has 1 aromatic rings. The van der Waals surface area contributed by atoms with E-state index >= 15 is 0 Å². The summed E-state index contributed by atoms with van der Waals surface area (Å²) in [6, 6.07) is 3.74. The van der Waals surface area contributed by atoms with Crippen LogP contribution in [0.25, 0.3) is 0 Å². The molecule has 4 heteroatoms. The Morgan fingerprint density at radius 1 is 1.21 bits per heavy atom. The first-order valence-electron chi connectivity index (χ1n) is 6.97. The monoisotopic (exact) mass is 268 g/mol. The van der Waals surface area contributed by atoms with Crippen molar-refractivity contribution in [3.8, 4) is 0 Å². The van der Waals surface area contributed by atoms with Crippen molar-refractivity contribution in [1.82, 2.24) is 10.2 Å². The molecule has 1 aromatic carbocycles. The molecule has 1 fully saturated rings. The molecule has 0 radical (unpaired) electrons. The number of piperazine rings is 1. The molecular weight excluding hydrogens is 246 g/mol. The molecule has 0 unspecified atom stereocenters. The van der Waals surface area contributed by atoms with Gasteiger partial charge in [-0.25, -0.2) is 8.78 Å². The summed E-state index contributed by atoms with van der Waals surface area (Å²) in [5.74, 6) is -0.214. The molecule has 1 heterocycles. The largest absolute Gasteiger partial charge is 0.314 e. The standard InChI is InChI=1S/C15H22F2N2/c1-11(2)9-15(19-7-5-18-6-8-19)13-10-12(16)3-4-14(13)17/h3-4,10-11,15,18H,5-9H2,1-2H3/t15-/m0/s1. The quantitative estimate of drug-likeness (QED) is 0.903. The van der Waals surface area contributed by atoms with Gasteiger partial charge in [0, 0.05) is 37.8 Å². The fourth-order valence-corrected chi connectivity index (χ4v) is 2.68. The van der Waals surface area contributed by atoms with E-state index in [1.165, 1.54) is 18.2 Å². The molecule has 1 aliphatic rings. The van der Waals surface area contributed by atoms with Gasteiger partial charge in [-0.05, 0) is 30.5 Å². The molecule has 2 nitrogen and oxygen atoms in total. The fraction of sp³-hybridized carbons (Fsp3) is 0.600. The molecule has 19 heavy (non-hydrogen) atoms. The van der Waals surface area contributed by atoms with Gasteiger partial charge in [-0.1, -0.05) is 13.8 Å². The fourth-order valence-electron chi connectivity index (χ4n) is 2.68. The van der Waals surface area contributed by atoms with Crippen molar-refractivity contribution in [2.24, 2.45) is 5.92 Å². The summed E-state index contributed by atoms with van der Waals surface area (Å²) in [6.07, 6.45) is 0.848. The smallest absolute Gasteiger partial charge is 0.128 e. The molecule has 2 rings (SSSR count). The maximum Gasteiger partial charge on any atom is 0.128 e. The van der Waals surface area contributed by atoms with Crippen molar-refractivity contribution < 1.29 is 8.78 Å². The van der Waals surface area contributed by atoms with E-state index in [1.54, 1.807) is 0 Å². The summed E-state index contributed by atoms with van der Waals surface area (Å²) in [7, 11) is 0. The predicted octanol–water partition coefficient (Wildman–Crippen LogP) is 2.96. The first-order valence-corrected chi connectivity index (χ1v) is 6.97. The molecule has 0 aliphatic carbocycles. The van der Waals surface area contributed by atoms with E-state index < -0.39 is 0 Å². The Labute approximate surface area is 113 Å². The highest BCUT2D eigenvalue weighted by atomic mass is 19.1. The minimum atomic E-state index is -0.361. The van der Waals surface area contributed by atoms with E-state index in [2.05, 4.69) is 24.1 Å². The average Bonchev–Trinajstić information content (AvgIpc) is 2.40. The molecule has 1 N–H and O–H groups in total. The average molecular weight is 268 g/mol. The molecule has 1 aliphatic heterocycles. The summed E-state index contributed by atoms with van der Waals surface area (Å²) in [5, 5.41) is 3.29. The molecule has 106 valence electrons. The zero-order valence-corrected chi connectivity index (χ0v) is 11.6. The van der Waals surface area contributed by atoms with Crippen LogP contribution in [0, 0.1) is 17.6 Å². The van der Waals surface area contributed by atoms with Crippen LogP contribution in [0.3, 0.4) is 0 Å². The Balaban J connectivity index is 2.27. The van der Waals surface area contributed by atoms with Gasteiger partial charge in [-0.15, -0.1) is 0 Å². The molecule has 1 atom stereocenters. The highest BCUT2D eigenvalue weighted by molar-refractivity contribution is 5.22. The highest BCUT2D eigenvalue weighted by Crippen LogP contribution is 2.30. The van der Waals surface area contributed by atoms with Gasteiger partial charge < -0.3 is 5.32 Å². The zero-order chi connectivity index (χ0) is 13.8. The Bertz CT molecular complexity index is 415. The van der Waals surface area contributed by atoms with Gasteiger partial charge in [0.15, 0.2) is 0 Å². The van der Waals surface area contributed by atoms with Gasteiger partial charge in [0.25, 0.3) is 0 Å². The van der Waals surface area contributed by atoms with Crippen molar-refractivity contribution in [1.29, 1.82) is 0 Å². The molecule has 0 bridgehead atoms. The van der Waals surface area contributed by atoms with Gasteiger partial charge in [0.1, 0.15) is 11.6 Å². The Morgan fingerprint density at radius 3 is 2.53 bits per heavy atom. The predicted molar refractivity (Wildman–Crippen MR) is 73.0 cm³/mol. The first-order chi connectivity index (χ1) is 9.08. The van der Waals surface area contributed by atoms with Gasteiger partial charge in [0.2, 0.25) is 0 Å². The lowest BCUT2D eigenvalue weighted by Gasteiger charge is -2.36. The van der Waals surface area contributed by atoms with E-state index in [4.69, 9.17) is 0 Å². The third-order valence-corrected chi connectivity index (χ3v) is 3.60. The second-order valence-electron chi connectivity index (χ2n) is 5.60. The number of hydrogen-bond acceptors (Lipinski definition) is 2. The maximum atomic E-state index is 14.0. The van der Waals surface area contributed by atoms with E-state index in [-0.39, 0.29) is 17.7 Å². The van der Waals surface area contributed by atoms with Gasteiger partial charge >= 0.3 is 0 Å². The number of hydrogen-bond donors (Lipinski definition) is 1. The van der Waals surface area contributed by atoms with Gasteiger partial charge in [0.05, 0.1) is 0 Å². The second kappa shape index (κ2) is 6.44. The minimum absolute atomic E-state index is 0.0298. The molecule has 0 aromatic heterocycles. The minimum Gasteiger partial charge on any atom is -0.314 e. The van der Waals surface area contributed by atoms with Crippen LogP contribution in [0.4, 0.5) is 8.78 Å². The van der Waals surface area contributed by atoms with Gasteiger partial charge in [-0.2, -0.15) is 0 Å². The Morgan fingerprint density at radius 2 is 1.89 bits per heavy atom. The van der Waals surface area contributed by atoms with Gasteiger partial charge in [-0.3, -0.25) is 4.90 Å². The molecule has 1 saturated heterocycles. The third-order valence-electron chi connectivity index (χ3n) is 3.60. The number of nitrogens with zero attached hydrogens (tertiary/aromatic N) is 1. The number of nitrogens with one attached hydrogen (secondary N) is 1. The highest BCUT2D eigenvalue weighted by Gasteiger charge is 2.25. The number of rotatable bonds is 4. The van der Waals surface area contributed by atoms with E-state index in [1.807, 2.05) is 0 Å². The van der Waals surface area contributed by atoms with Crippen LogP contribution in [-0.2, 0) is 0 Å². The van der Waals surface area contributed by atoms with Crippen molar-refractivity contribution in [2.75, 3.05) is 26.2 Å². The lowest BCUT2D eigenvalue weighted by molar-refractivity contribution is 0.150.